The van der Waals surface area contributed by atoms with Gasteiger partial charge in [0.2, 0.25) is 0 Å². The third kappa shape index (κ3) is 1.83. The molecule has 13 heavy (non-hydrogen) atoms. The second-order valence-electron chi connectivity index (χ2n) is 2.88. The Morgan fingerprint density at radius 3 is 3.08 bits per heavy atom. The first-order valence-corrected chi connectivity index (χ1v) is 5.32. The molecule has 2 rings (SSSR count). The molecule has 1 aromatic carbocycles. The van der Waals surface area contributed by atoms with E-state index in [2.05, 4.69) is 57.3 Å². The number of allylic oxidation sites excluding steroid dienone is 1. The molecular weight excluding hydrogens is 226 g/mol. The number of aromatic amines is 1. The van der Waals surface area contributed by atoms with Crippen molar-refractivity contribution >= 4 is 32.9 Å². The minimum atomic E-state index is 0.901. The summed E-state index contributed by atoms with van der Waals surface area (Å²) in [5, 5.41) is 2.16. The van der Waals surface area contributed by atoms with Crippen LogP contribution in [0.2, 0.25) is 0 Å². The Balaban J connectivity index is 2.42. The van der Waals surface area contributed by atoms with E-state index in [1.165, 1.54) is 16.5 Å². The van der Waals surface area contributed by atoms with Gasteiger partial charge in [-0.1, -0.05) is 34.1 Å². The maximum atomic E-state index is 3.36. The Morgan fingerprint density at radius 1 is 1.31 bits per heavy atom. The number of H-pyrrole nitrogens is 1. The van der Waals surface area contributed by atoms with Gasteiger partial charge in [-0.25, -0.2) is 0 Å². The van der Waals surface area contributed by atoms with Crippen LogP contribution >= 0.6 is 15.9 Å². The summed E-state index contributed by atoms with van der Waals surface area (Å²) in [7, 11) is 0. The molecule has 0 amide bonds. The van der Waals surface area contributed by atoms with Crippen molar-refractivity contribution in [2.75, 3.05) is 5.33 Å². The molecule has 1 heterocycles. The van der Waals surface area contributed by atoms with Gasteiger partial charge in [0.05, 0.1) is 0 Å². The molecule has 0 unspecified atom stereocenters. The van der Waals surface area contributed by atoms with Crippen LogP contribution in [0.5, 0.6) is 0 Å². The molecule has 0 aliphatic carbocycles. The molecule has 0 radical (unpaired) electrons. The molecule has 0 saturated carbocycles. The topological polar surface area (TPSA) is 15.8 Å². The maximum Gasteiger partial charge on any atom is 0.0454 e. The zero-order valence-electron chi connectivity index (χ0n) is 7.13. The second kappa shape index (κ2) is 3.79. The molecule has 0 bridgehead atoms. The van der Waals surface area contributed by atoms with Gasteiger partial charge in [0.15, 0.2) is 0 Å². The van der Waals surface area contributed by atoms with Crippen molar-refractivity contribution in [3.8, 4) is 0 Å². The third-order valence-corrected chi connectivity index (χ3v) is 2.35. The Kier molecular flexibility index (Phi) is 2.50. The van der Waals surface area contributed by atoms with E-state index < -0.39 is 0 Å². The largest absolute Gasteiger partial charge is 0.361 e. The van der Waals surface area contributed by atoms with Gasteiger partial charge in [-0.05, 0) is 29.1 Å². The fourth-order valence-corrected chi connectivity index (χ4v) is 1.54. The van der Waals surface area contributed by atoms with E-state index >= 15 is 0 Å². The van der Waals surface area contributed by atoms with Crippen LogP contribution in [0, 0.1) is 0 Å². The molecule has 1 N–H and O–H groups in total. The van der Waals surface area contributed by atoms with Crippen LogP contribution in [0.4, 0.5) is 0 Å². The fourth-order valence-electron chi connectivity index (χ4n) is 1.36. The number of alkyl halides is 1. The Morgan fingerprint density at radius 2 is 2.23 bits per heavy atom. The van der Waals surface area contributed by atoms with Crippen LogP contribution in [0.15, 0.2) is 36.5 Å². The lowest BCUT2D eigenvalue weighted by molar-refractivity contribution is 1.48. The summed E-state index contributed by atoms with van der Waals surface area (Å²) in [6, 6.07) is 8.47. The van der Waals surface area contributed by atoms with Gasteiger partial charge in [0.1, 0.15) is 0 Å². The van der Waals surface area contributed by atoms with Gasteiger partial charge in [-0.3, -0.25) is 0 Å². The lowest BCUT2D eigenvalue weighted by Gasteiger charge is -1.93. The van der Waals surface area contributed by atoms with Gasteiger partial charge in [-0.15, -0.1) is 0 Å². The van der Waals surface area contributed by atoms with Crippen LogP contribution in [-0.4, -0.2) is 10.3 Å². The Labute approximate surface area is 85.6 Å². The smallest absolute Gasteiger partial charge is 0.0454 e. The molecule has 0 atom stereocenters. The van der Waals surface area contributed by atoms with E-state index in [0.717, 1.165) is 5.33 Å². The molecule has 0 fully saturated rings. The molecule has 0 spiro atoms. The lowest BCUT2D eigenvalue weighted by Crippen LogP contribution is -1.72. The van der Waals surface area contributed by atoms with Crippen molar-refractivity contribution in [1.82, 2.24) is 4.98 Å². The van der Waals surface area contributed by atoms with Crippen LogP contribution in [0.25, 0.3) is 17.0 Å². The zero-order valence-corrected chi connectivity index (χ0v) is 8.71. The Hall–Kier alpha value is -1.02. The van der Waals surface area contributed by atoms with Crippen LogP contribution in [0.3, 0.4) is 0 Å². The van der Waals surface area contributed by atoms with E-state index in [-0.39, 0.29) is 0 Å². The van der Waals surface area contributed by atoms with Crippen LogP contribution in [0.1, 0.15) is 5.56 Å². The van der Waals surface area contributed by atoms with Crippen LogP contribution < -0.4 is 0 Å². The quantitative estimate of drug-likeness (QED) is 0.767. The van der Waals surface area contributed by atoms with Crippen molar-refractivity contribution in [1.29, 1.82) is 0 Å². The summed E-state index contributed by atoms with van der Waals surface area (Å²) < 4.78 is 0. The molecular formula is C11H10BrN. The maximum absolute atomic E-state index is 3.36. The summed E-state index contributed by atoms with van der Waals surface area (Å²) in [5.41, 5.74) is 2.43. The SMILES string of the molecule is BrCC=Cc1ccc2[nH]ccc2c1. The minimum absolute atomic E-state index is 0.901. The van der Waals surface area contributed by atoms with Crippen LogP contribution in [-0.2, 0) is 0 Å². The van der Waals surface area contributed by atoms with E-state index in [0.29, 0.717) is 0 Å². The van der Waals surface area contributed by atoms with Gasteiger partial charge >= 0.3 is 0 Å². The number of rotatable bonds is 2. The van der Waals surface area contributed by atoms with Crippen molar-refractivity contribution in [3.63, 3.8) is 0 Å². The number of aromatic nitrogens is 1. The highest BCUT2D eigenvalue weighted by atomic mass is 79.9. The predicted octanol–water partition coefficient (Wildman–Crippen LogP) is 3.58. The molecule has 2 heteroatoms. The highest BCUT2D eigenvalue weighted by Gasteiger charge is 1.93. The van der Waals surface area contributed by atoms with E-state index in [4.69, 9.17) is 0 Å². The highest BCUT2D eigenvalue weighted by Crippen LogP contribution is 2.15. The monoisotopic (exact) mass is 235 g/mol. The highest BCUT2D eigenvalue weighted by molar-refractivity contribution is 9.09. The molecule has 1 nitrogen and oxygen atoms in total. The third-order valence-electron chi connectivity index (χ3n) is 1.98. The van der Waals surface area contributed by atoms with E-state index in [1.54, 1.807) is 0 Å². The molecule has 2 aromatic rings. The van der Waals surface area contributed by atoms with E-state index in [9.17, 15) is 0 Å². The van der Waals surface area contributed by atoms with Gasteiger partial charge < -0.3 is 4.98 Å². The number of hydrogen-bond donors (Lipinski definition) is 1. The van der Waals surface area contributed by atoms with E-state index in [1.807, 2.05) is 6.20 Å². The van der Waals surface area contributed by atoms with Crippen molar-refractivity contribution in [3.05, 3.63) is 42.1 Å². The average Bonchev–Trinajstić information content (AvgIpc) is 2.61. The molecule has 66 valence electrons. The van der Waals surface area contributed by atoms with Crippen molar-refractivity contribution in [2.24, 2.45) is 0 Å². The molecule has 0 aliphatic heterocycles. The van der Waals surface area contributed by atoms with Gasteiger partial charge in [0, 0.05) is 17.0 Å². The lowest BCUT2D eigenvalue weighted by atomic mass is 10.1. The summed E-state index contributed by atoms with van der Waals surface area (Å²) in [4.78, 5) is 3.17. The number of nitrogens with one attached hydrogen (secondary N) is 1. The average molecular weight is 236 g/mol. The normalized spacial score (nSPS) is 11.5. The second-order valence-corrected chi connectivity index (χ2v) is 3.53. The number of hydrogen-bond acceptors (Lipinski definition) is 0. The number of halogens is 1. The standard InChI is InChI=1S/C11H10BrN/c12-6-1-2-9-3-4-11-10(8-9)5-7-13-11/h1-5,7-8,13H,6H2. The van der Waals surface area contributed by atoms with Crippen molar-refractivity contribution < 1.29 is 0 Å². The summed E-state index contributed by atoms with van der Waals surface area (Å²) in [5.74, 6) is 0. The predicted molar refractivity (Wildman–Crippen MR) is 61.1 cm³/mol. The Bertz CT molecular complexity index is 428. The zero-order chi connectivity index (χ0) is 9.10. The first-order valence-electron chi connectivity index (χ1n) is 4.20. The number of benzene rings is 1. The molecule has 0 saturated heterocycles. The first kappa shape index (κ1) is 8.57. The van der Waals surface area contributed by atoms with Gasteiger partial charge in [0.25, 0.3) is 0 Å². The fraction of sp³-hybridized carbons (Fsp3) is 0.0909. The summed E-state index contributed by atoms with van der Waals surface area (Å²) in [6.45, 7) is 0. The summed E-state index contributed by atoms with van der Waals surface area (Å²) >= 11 is 3.36. The minimum Gasteiger partial charge on any atom is -0.361 e. The molecule has 0 aliphatic rings. The number of fused-ring (bicyclic) bond motifs is 1. The van der Waals surface area contributed by atoms with Crippen molar-refractivity contribution in [2.45, 2.75) is 0 Å². The first-order chi connectivity index (χ1) is 6.40. The molecule has 1 aromatic heterocycles. The van der Waals surface area contributed by atoms with Gasteiger partial charge in [-0.2, -0.15) is 0 Å². The summed E-state index contributed by atoms with van der Waals surface area (Å²) in [6.07, 6.45) is 6.16.